The van der Waals surface area contributed by atoms with Gasteiger partial charge in [0.05, 0.1) is 0 Å². The van der Waals surface area contributed by atoms with E-state index >= 15 is 0 Å². The van der Waals surface area contributed by atoms with Crippen molar-refractivity contribution in [1.29, 1.82) is 0 Å². The van der Waals surface area contributed by atoms with Gasteiger partial charge in [-0.25, -0.2) is 0 Å². The Bertz CT molecular complexity index is 263. The topological polar surface area (TPSA) is 33.1 Å². The molecule has 2 rings (SSSR count). The van der Waals surface area contributed by atoms with Crippen molar-refractivity contribution in [3.05, 3.63) is 28.5 Å². The summed E-state index contributed by atoms with van der Waals surface area (Å²) < 4.78 is 0. The lowest BCUT2D eigenvalue weighted by Crippen LogP contribution is -1.86. The zero-order valence-electron chi connectivity index (χ0n) is 7.05. The second-order valence-electron chi connectivity index (χ2n) is 2.57. The third-order valence-electron chi connectivity index (χ3n) is 1.93. The van der Waals surface area contributed by atoms with Crippen LogP contribution < -0.4 is 0 Å². The fraction of sp³-hybridized carbons (Fsp3) is 0.444. The molecule has 0 aromatic carbocycles. The maximum Gasteiger partial charge on any atom is 0.0471 e. The van der Waals surface area contributed by atoms with Crippen molar-refractivity contribution in [2.45, 2.75) is 19.3 Å². The lowest BCUT2D eigenvalue weighted by atomic mass is 10.2. The molecule has 1 heterocycles. The molecule has 0 unspecified atom stereocenters. The van der Waals surface area contributed by atoms with Crippen molar-refractivity contribution in [3.8, 4) is 0 Å². The number of halogens is 1. The zero-order chi connectivity index (χ0) is 8.97. The Hall–Kier alpha value is -0.600. The summed E-state index contributed by atoms with van der Waals surface area (Å²) >= 11 is 5.93. The molecule has 1 aromatic rings. The van der Waals surface area contributed by atoms with Crippen LogP contribution in [-0.2, 0) is 12.8 Å². The molecule has 1 aromatic heterocycles. The van der Waals surface area contributed by atoms with E-state index in [-0.39, 0.29) is 0 Å². The van der Waals surface area contributed by atoms with E-state index in [1.165, 1.54) is 17.7 Å². The van der Waals surface area contributed by atoms with Gasteiger partial charge < -0.3 is 5.11 Å². The second kappa shape index (κ2) is 4.43. The number of nitrogens with zero attached hydrogens (tertiary/aromatic N) is 1. The highest BCUT2D eigenvalue weighted by Gasteiger charge is 2.13. The first-order chi connectivity index (χ1) is 5.88. The van der Waals surface area contributed by atoms with Gasteiger partial charge in [0, 0.05) is 24.0 Å². The number of rotatable bonds is 0. The summed E-state index contributed by atoms with van der Waals surface area (Å²) in [5.41, 5.74) is 2.47. The smallest absolute Gasteiger partial charge is 0.0471 e. The van der Waals surface area contributed by atoms with Crippen molar-refractivity contribution in [3.63, 3.8) is 0 Å². The van der Waals surface area contributed by atoms with E-state index in [1.54, 1.807) is 6.20 Å². The van der Waals surface area contributed by atoms with E-state index in [9.17, 15) is 0 Å². The number of hydrogen-bond donors (Lipinski definition) is 1. The minimum Gasteiger partial charge on any atom is -0.400 e. The van der Waals surface area contributed by atoms with Gasteiger partial charge in [-0.2, -0.15) is 0 Å². The van der Waals surface area contributed by atoms with E-state index in [1.807, 2.05) is 6.07 Å². The fourth-order valence-electron chi connectivity index (χ4n) is 1.42. The number of aliphatic hydroxyl groups is 1. The Kier molecular flexibility index (Phi) is 3.50. The number of aliphatic hydroxyl groups excluding tert-OH is 1. The molecule has 2 nitrogen and oxygen atoms in total. The van der Waals surface area contributed by atoms with Crippen molar-refractivity contribution in [1.82, 2.24) is 4.98 Å². The molecule has 0 saturated heterocycles. The molecule has 1 aliphatic carbocycles. The van der Waals surface area contributed by atoms with Gasteiger partial charge in [-0.15, -0.1) is 0 Å². The summed E-state index contributed by atoms with van der Waals surface area (Å²) in [6.07, 6.45) is 5.22. The third-order valence-corrected chi connectivity index (χ3v) is 2.28. The Morgan fingerprint density at radius 3 is 2.83 bits per heavy atom. The molecule has 0 amide bonds. The van der Waals surface area contributed by atoms with E-state index < -0.39 is 0 Å². The van der Waals surface area contributed by atoms with Crippen LogP contribution in [0.5, 0.6) is 0 Å². The molecule has 1 aliphatic rings. The molecule has 0 aliphatic heterocycles. The molecule has 0 bridgehead atoms. The van der Waals surface area contributed by atoms with Crippen LogP contribution in [0, 0.1) is 0 Å². The first-order valence-corrected chi connectivity index (χ1v) is 4.33. The van der Waals surface area contributed by atoms with Gasteiger partial charge in [0.15, 0.2) is 0 Å². The standard InChI is InChI=1S/C8H8ClN.CH4O/c9-7-4-5-10-8-3-1-2-6(7)8;1-2/h4-5H,1-3H2;2H,1H3. The summed E-state index contributed by atoms with van der Waals surface area (Å²) in [5.74, 6) is 0. The van der Waals surface area contributed by atoms with Gasteiger partial charge >= 0.3 is 0 Å². The van der Waals surface area contributed by atoms with E-state index in [2.05, 4.69) is 4.98 Å². The molecule has 0 fully saturated rings. The molecule has 0 saturated carbocycles. The number of pyridine rings is 1. The van der Waals surface area contributed by atoms with Crippen LogP contribution in [0.1, 0.15) is 17.7 Å². The average molecular weight is 186 g/mol. The normalized spacial score (nSPS) is 13.2. The molecule has 66 valence electrons. The monoisotopic (exact) mass is 185 g/mol. The van der Waals surface area contributed by atoms with Crippen LogP contribution in [0.4, 0.5) is 0 Å². The quantitative estimate of drug-likeness (QED) is 0.669. The summed E-state index contributed by atoms with van der Waals surface area (Å²) in [6, 6.07) is 1.87. The Balaban J connectivity index is 0.000000336. The number of aromatic nitrogens is 1. The molecular weight excluding hydrogens is 174 g/mol. The maximum absolute atomic E-state index is 7.00. The highest BCUT2D eigenvalue weighted by Crippen LogP contribution is 2.26. The van der Waals surface area contributed by atoms with Gasteiger partial charge in [0.2, 0.25) is 0 Å². The first-order valence-electron chi connectivity index (χ1n) is 3.95. The van der Waals surface area contributed by atoms with Gasteiger partial charge in [0.25, 0.3) is 0 Å². The molecule has 3 heteroatoms. The summed E-state index contributed by atoms with van der Waals surface area (Å²) in [4.78, 5) is 4.24. The van der Waals surface area contributed by atoms with Crippen LogP contribution in [0.15, 0.2) is 12.3 Å². The van der Waals surface area contributed by atoms with Crippen molar-refractivity contribution in [2.75, 3.05) is 7.11 Å². The Morgan fingerprint density at radius 2 is 2.17 bits per heavy atom. The summed E-state index contributed by atoms with van der Waals surface area (Å²) in [5, 5.41) is 7.89. The molecule has 0 spiro atoms. The minimum atomic E-state index is 0.891. The van der Waals surface area contributed by atoms with E-state index in [4.69, 9.17) is 16.7 Å². The highest BCUT2D eigenvalue weighted by molar-refractivity contribution is 6.31. The van der Waals surface area contributed by atoms with Crippen LogP contribution in [0.3, 0.4) is 0 Å². The first kappa shape index (κ1) is 9.49. The molecule has 0 radical (unpaired) electrons. The van der Waals surface area contributed by atoms with Gasteiger partial charge in [-0.05, 0) is 30.9 Å². The number of fused-ring (bicyclic) bond motifs is 1. The minimum absolute atomic E-state index is 0.891. The lowest BCUT2D eigenvalue weighted by Gasteiger charge is -1.97. The zero-order valence-corrected chi connectivity index (χ0v) is 7.80. The summed E-state index contributed by atoms with van der Waals surface area (Å²) in [7, 11) is 1.00. The van der Waals surface area contributed by atoms with E-state index in [0.717, 1.165) is 25.0 Å². The molecule has 12 heavy (non-hydrogen) atoms. The molecule has 0 atom stereocenters. The molecular formula is C9H12ClNO. The van der Waals surface area contributed by atoms with Crippen molar-refractivity contribution in [2.24, 2.45) is 0 Å². The molecule has 1 N–H and O–H groups in total. The van der Waals surface area contributed by atoms with Gasteiger partial charge in [-0.1, -0.05) is 11.6 Å². The highest BCUT2D eigenvalue weighted by atomic mass is 35.5. The van der Waals surface area contributed by atoms with Gasteiger partial charge in [0.1, 0.15) is 0 Å². The fourth-order valence-corrected chi connectivity index (χ4v) is 1.68. The van der Waals surface area contributed by atoms with Crippen LogP contribution in [0.2, 0.25) is 5.02 Å². The number of hydrogen-bond acceptors (Lipinski definition) is 2. The predicted molar refractivity (Wildman–Crippen MR) is 49.4 cm³/mol. The third kappa shape index (κ3) is 1.76. The van der Waals surface area contributed by atoms with E-state index in [0.29, 0.717) is 0 Å². The second-order valence-corrected chi connectivity index (χ2v) is 2.98. The average Bonchev–Trinajstić information content (AvgIpc) is 2.57. The SMILES string of the molecule is CO.Clc1ccnc2c1CCC2. The predicted octanol–water partition coefficient (Wildman–Crippen LogP) is 1.83. The lowest BCUT2D eigenvalue weighted by molar-refractivity contribution is 0.399. The Labute approximate surface area is 77.2 Å². The van der Waals surface area contributed by atoms with Crippen molar-refractivity contribution >= 4 is 11.6 Å². The maximum atomic E-state index is 7.00. The summed E-state index contributed by atoms with van der Waals surface area (Å²) in [6.45, 7) is 0. The Morgan fingerprint density at radius 1 is 1.42 bits per heavy atom. The van der Waals surface area contributed by atoms with Crippen molar-refractivity contribution < 1.29 is 5.11 Å². The van der Waals surface area contributed by atoms with Crippen LogP contribution in [-0.4, -0.2) is 17.2 Å². The van der Waals surface area contributed by atoms with Crippen LogP contribution >= 0.6 is 11.6 Å². The number of aryl methyl sites for hydroxylation is 1. The van der Waals surface area contributed by atoms with Crippen LogP contribution in [0.25, 0.3) is 0 Å². The largest absolute Gasteiger partial charge is 0.400 e. The van der Waals surface area contributed by atoms with Gasteiger partial charge in [-0.3, -0.25) is 4.98 Å².